The number of methoxy groups -OCH3 is 1. The summed E-state index contributed by atoms with van der Waals surface area (Å²) in [6.45, 7) is -1.97. The van der Waals surface area contributed by atoms with E-state index >= 15 is 0 Å². The van der Waals surface area contributed by atoms with E-state index in [4.69, 9.17) is 4.74 Å². The minimum atomic E-state index is -5.01. The number of carbonyl (C=O) groups excluding carboxylic acids is 1. The van der Waals surface area contributed by atoms with Gasteiger partial charge in [-0.05, 0) is 72.3 Å². The molecule has 2 aliphatic heterocycles. The molecule has 0 radical (unpaired) electrons. The minimum Gasteiger partial charge on any atom is -0.496 e. The van der Waals surface area contributed by atoms with E-state index in [1.165, 1.54) is 0 Å². The maximum Gasteiger partial charge on any atom is 0.403 e. The molecule has 1 amide bonds. The number of fused-ring (bicyclic) bond motifs is 1. The maximum atomic E-state index is 14.4. The fraction of sp³-hybridized carbons (Fsp3) is 0.528. The molecule has 50 heavy (non-hydrogen) atoms. The number of aliphatic hydroxyl groups excluding tert-OH is 1. The van der Waals surface area contributed by atoms with Gasteiger partial charge in [-0.15, -0.1) is 0 Å². The highest BCUT2D eigenvalue weighted by atomic mass is 19.4. The van der Waals surface area contributed by atoms with Crippen LogP contribution in [0.25, 0.3) is 21.9 Å². The van der Waals surface area contributed by atoms with E-state index in [0.717, 1.165) is 32.4 Å². The van der Waals surface area contributed by atoms with Gasteiger partial charge in [0.1, 0.15) is 11.2 Å². The first-order valence-corrected chi connectivity index (χ1v) is 16.6. The number of benzene rings is 3. The Morgan fingerprint density at radius 2 is 1.46 bits per heavy atom. The summed E-state index contributed by atoms with van der Waals surface area (Å²) in [6.07, 6.45) is -11.1. The lowest BCUT2D eigenvalue weighted by molar-refractivity contribution is -0.236. The van der Waals surface area contributed by atoms with E-state index in [2.05, 4.69) is 5.32 Å². The number of alkyl halides is 8. The molecule has 2 N–H and O–H groups in total. The van der Waals surface area contributed by atoms with Crippen LogP contribution in [-0.4, -0.2) is 98.1 Å². The van der Waals surface area contributed by atoms with Crippen molar-refractivity contribution >= 4 is 16.7 Å². The van der Waals surface area contributed by atoms with Crippen LogP contribution in [0.2, 0.25) is 0 Å². The van der Waals surface area contributed by atoms with Crippen LogP contribution in [0.3, 0.4) is 0 Å². The highest BCUT2D eigenvalue weighted by molar-refractivity contribution is 6.00. The standard InChI is InChI=1S/C36H41F8N3O3/c1-50-30-10-3-5-24(11-16-46-19-14-34(37,38)15-20-46)31(30)29-9-4-7-27-25(6-2-8-28(27)29)21-26(22-48)45-32(49)33(36(42,43)44)12-17-47(18-13-33)23-35(39,40)41/h2-10,26,48H,11-23H2,1H3,(H,45,49)/t26-/m0/s1. The first kappa shape index (κ1) is 37.8. The number of amides is 1. The number of likely N-dealkylation sites (tertiary alicyclic amines) is 2. The van der Waals surface area contributed by atoms with Crippen molar-refractivity contribution < 1.29 is 49.8 Å². The number of nitrogens with one attached hydrogen (secondary N) is 1. The van der Waals surface area contributed by atoms with Crippen LogP contribution in [0.5, 0.6) is 5.75 Å². The molecular formula is C36H41F8N3O3. The average molecular weight is 716 g/mol. The van der Waals surface area contributed by atoms with Crippen LogP contribution < -0.4 is 10.1 Å². The first-order chi connectivity index (χ1) is 23.6. The molecule has 1 atom stereocenters. The molecule has 3 aromatic rings. The highest BCUT2D eigenvalue weighted by Gasteiger charge is 2.61. The summed E-state index contributed by atoms with van der Waals surface area (Å²) >= 11 is 0. The molecule has 0 saturated carbocycles. The van der Waals surface area contributed by atoms with Gasteiger partial charge in [-0.2, -0.15) is 26.3 Å². The maximum absolute atomic E-state index is 14.4. The molecule has 2 heterocycles. The summed E-state index contributed by atoms with van der Waals surface area (Å²) in [5.41, 5.74) is 0.336. The lowest BCUT2D eigenvalue weighted by Crippen LogP contribution is -2.59. The Balaban J connectivity index is 1.38. The van der Waals surface area contributed by atoms with Crippen molar-refractivity contribution in [3.63, 3.8) is 0 Å². The second kappa shape index (κ2) is 15.0. The molecule has 0 aromatic heterocycles. The van der Waals surface area contributed by atoms with Crippen molar-refractivity contribution in [1.82, 2.24) is 15.1 Å². The number of carbonyl (C=O) groups is 1. The predicted molar refractivity (Wildman–Crippen MR) is 173 cm³/mol. The van der Waals surface area contributed by atoms with Crippen LogP contribution in [0, 0.1) is 5.41 Å². The van der Waals surface area contributed by atoms with Gasteiger partial charge in [0.2, 0.25) is 5.91 Å². The molecule has 5 rings (SSSR count). The summed E-state index contributed by atoms with van der Waals surface area (Å²) in [7, 11) is 1.55. The fourth-order valence-corrected chi connectivity index (χ4v) is 7.15. The lowest BCUT2D eigenvalue weighted by atomic mass is 9.76. The molecule has 0 spiro atoms. The van der Waals surface area contributed by atoms with E-state index in [0.29, 0.717) is 37.4 Å². The Hall–Kier alpha value is -3.49. The first-order valence-electron chi connectivity index (χ1n) is 16.6. The number of ether oxygens (including phenoxy) is 1. The SMILES string of the molecule is COc1cccc(CCN2CCC(F)(F)CC2)c1-c1cccc2c(C[C@@H](CO)NC(=O)C3(C(F)(F)F)CCN(CC(F)(F)F)CC3)cccc12. The molecule has 2 saturated heterocycles. The van der Waals surface area contributed by atoms with Gasteiger partial charge in [-0.25, -0.2) is 8.78 Å². The topological polar surface area (TPSA) is 65.0 Å². The summed E-state index contributed by atoms with van der Waals surface area (Å²) in [5, 5.41) is 14.1. The second-order valence-corrected chi connectivity index (χ2v) is 13.3. The number of hydrogen-bond acceptors (Lipinski definition) is 5. The zero-order valence-corrected chi connectivity index (χ0v) is 27.6. The molecule has 6 nitrogen and oxygen atoms in total. The van der Waals surface area contributed by atoms with Gasteiger partial charge in [0.05, 0.1) is 26.3 Å². The Kier molecular flexibility index (Phi) is 11.3. The Bertz CT molecular complexity index is 1630. The molecule has 0 aliphatic carbocycles. The minimum absolute atomic E-state index is 0.0183. The van der Waals surface area contributed by atoms with Crippen LogP contribution in [0.4, 0.5) is 35.1 Å². The van der Waals surface area contributed by atoms with Crippen LogP contribution >= 0.6 is 0 Å². The number of hydrogen-bond donors (Lipinski definition) is 2. The van der Waals surface area contributed by atoms with Crippen LogP contribution in [0.1, 0.15) is 36.8 Å². The van der Waals surface area contributed by atoms with Crippen molar-refractivity contribution in [3.05, 3.63) is 65.7 Å². The second-order valence-electron chi connectivity index (χ2n) is 13.3. The van der Waals surface area contributed by atoms with Crippen molar-refractivity contribution in [2.75, 3.05) is 53.0 Å². The normalized spacial score (nSPS) is 19.3. The molecule has 2 fully saturated rings. The van der Waals surface area contributed by atoms with E-state index in [1.807, 2.05) is 47.4 Å². The summed E-state index contributed by atoms with van der Waals surface area (Å²) < 4.78 is 115. The lowest BCUT2D eigenvalue weighted by Gasteiger charge is -2.42. The number of halogens is 8. The Morgan fingerprint density at radius 3 is 2.08 bits per heavy atom. The summed E-state index contributed by atoms with van der Waals surface area (Å²) in [4.78, 5) is 16.2. The fourth-order valence-electron chi connectivity index (χ4n) is 7.15. The summed E-state index contributed by atoms with van der Waals surface area (Å²) in [6, 6.07) is 15.5. The van der Waals surface area contributed by atoms with E-state index < -0.39 is 74.7 Å². The Labute approximate surface area is 285 Å². The molecule has 0 unspecified atom stereocenters. The summed E-state index contributed by atoms with van der Waals surface area (Å²) in [5.74, 6) is -3.41. The third-order valence-corrected chi connectivity index (χ3v) is 10.0. The van der Waals surface area contributed by atoms with Gasteiger partial charge < -0.3 is 20.1 Å². The molecule has 0 bridgehead atoms. The molecular weight excluding hydrogens is 674 g/mol. The quantitative estimate of drug-likeness (QED) is 0.209. The van der Waals surface area contributed by atoms with Gasteiger partial charge in [0.25, 0.3) is 5.92 Å². The third kappa shape index (κ3) is 8.51. The van der Waals surface area contributed by atoms with Gasteiger partial charge in [-0.3, -0.25) is 9.69 Å². The Morgan fingerprint density at radius 1 is 0.860 bits per heavy atom. The van der Waals surface area contributed by atoms with Gasteiger partial charge in [0, 0.05) is 38.0 Å². The molecule has 3 aromatic carbocycles. The van der Waals surface area contributed by atoms with Crippen molar-refractivity contribution in [2.45, 2.75) is 62.8 Å². The van der Waals surface area contributed by atoms with E-state index in [9.17, 15) is 45.0 Å². The highest BCUT2D eigenvalue weighted by Crippen LogP contribution is 2.47. The monoisotopic (exact) mass is 715 g/mol. The van der Waals surface area contributed by atoms with Gasteiger partial charge >= 0.3 is 12.4 Å². The predicted octanol–water partition coefficient (Wildman–Crippen LogP) is 7.02. The van der Waals surface area contributed by atoms with Crippen molar-refractivity contribution in [1.29, 1.82) is 0 Å². The number of piperidine rings is 2. The van der Waals surface area contributed by atoms with E-state index in [1.54, 1.807) is 19.2 Å². The van der Waals surface area contributed by atoms with Crippen molar-refractivity contribution in [2.24, 2.45) is 5.41 Å². The molecule has 2 aliphatic rings. The van der Waals surface area contributed by atoms with Gasteiger partial charge in [-0.1, -0.05) is 48.5 Å². The smallest absolute Gasteiger partial charge is 0.403 e. The number of nitrogens with zero attached hydrogens (tertiary/aromatic N) is 2. The average Bonchev–Trinajstić information content (AvgIpc) is 3.06. The molecule has 274 valence electrons. The molecule has 14 heteroatoms. The zero-order valence-electron chi connectivity index (χ0n) is 27.6. The third-order valence-electron chi connectivity index (χ3n) is 10.0. The zero-order chi connectivity index (χ0) is 36.3. The number of rotatable bonds is 11. The van der Waals surface area contributed by atoms with Crippen LogP contribution in [0.15, 0.2) is 54.6 Å². The van der Waals surface area contributed by atoms with Crippen LogP contribution in [-0.2, 0) is 17.6 Å². The van der Waals surface area contributed by atoms with E-state index in [-0.39, 0.29) is 19.3 Å². The van der Waals surface area contributed by atoms with Crippen molar-refractivity contribution in [3.8, 4) is 16.9 Å². The number of aliphatic hydroxyl groups is 1. The van der Waals surface area contributed by atoms with Gasteiger partial charge in [0.15, 0.2) is 0 Å². The largest absolute Gasteiger partial charge is 0.496 e.